The number of hydrogen-bond acceptors (Lipinski definition) is 4. The van der Waals surface area contributed by atoms with E-state index in [0.717, 1.165) is 12.8 Å². The fraction of sp³-hybridized carbons (Fsp3) is 0.286. The molecule has 1 saturated heterocycles. The summed E-state index contributed by atoms with van der Waals surface area (Å²) in [4.78, 5) is 27.2. The van der Waals surface area contributed by atoms with Crippen LogP contribution in [0.3, 0.4) is 0 Å². The average molecular weight is 348 g/mol. The molecule has 0 bridgehead atoms. The van der Waals surface area contributed by atoms with E-state index in [2.05, 4.69) is 0 Å². The van der Waals surface area contributed by atoms with Gasteiger partial charge in [0.2, 0.25) is 0 Å². The molecule has 0 radical (unpaired) electrons. The molecule has 1 aliphatic heterocycles. The van der Waals surface area contributed by atoms with Crippen molar-refractivity contribution >= 4 is 11.7 Å². The second-order valence-electron chi connectivity index (χ2n) is 6.38. The summed E-state index contributed by atoms with van der Waals surface area (Å²) in [5.41, 5.74) is 1.58. The van der Waals surface area contributed by atoms with Crippen molar-refractivity contribution < 1.29 is 14.3 Å². The molecule has 0 N–H and O–H groups in total. The van der Waals surface area contributed by atoms with E-state index in [1.807, 2.05) is 6.07 Å². The number of carbonyl (C=O) groups is 2. The molecule has 2 aromatic rings. The third kappa shape index (κ3) is 3.75. The van der Waals surface area contributed by atoms with Crippen LogP contribution in [0.25, 0.3) is 0 Å². The molecule has 1 amide bonds. The van der Waals surface area contributed by atoms with Crippen LogP contribution in [0.2, 0.25) is 0 Å². The molecule has 132 valence electrons. The predicted molar refractivity (Wildman–Crippen MR) is 97.1 cm³/mol. The molecule has 1 unspecified atom stereocenters. The molecule has 1 fully saturated rings. The van der Waals surface area contributed by atoms with Crippen LogP contribution in [0.15, 0.2) is 48.5 Å². The first-order valence-electron chi connectivity index (χ1n) is 8.60. The number of nitriles is 1. The first kappa shape index (κ1) is 17.7. The van der Waals surface area contributed by atoms with Crippen LogP contribution in [0.5, 0.6) is 5.75 Å². The topological polar surface area (TPSA) is 70.4 Å². The molecule has 5 heteroatoms. The van der Waals surface area contributed by atoms with E-state index < -0.39 is 0 Å². The second kappa shape index (κ2) is 7.83. The number of ketones is 1. The Morgan fingerprint density at radius 3 is 2.62 bits per heavy atom. The van der Waals surface area contributed by atoms with Crippen molar-refractivity contribution in [3.8, 4) is 11.8 Å². The molecule has 5 nitrogen and oxygen atoms in total. The van der Waals surface area contributed by atoms with Crippen LogP contribution in [0, 0.1) is 17.2 Å². The van der Waals surface area contributed by atoms with Gasteiger partial charge in [0.1, 0.15) is 5.75 Å². The summed E-state index contributed by atoms with van der Waals surface area (Å²) >= 11 is 0. The van der Waals surface area contributed by atoms with Crippen LogP contribution in [-0.4, -0.2) is 36.8 Å². The van der Waals surface area contributed by atoms with Crippen LogP contribution in [0.4, 0.5) is 0 Å². The minimum Gasteiger partial charge on any atom is -0.497 e. The maximum atomic E-state index is 12.8. The van der Waals surface area contributed by atoms with Crippen molar-refractivity contribution in [3.63, 3.8) is 0 Å². The van der Waals surface area contributed by atoms with Gasteiger partial charge in [-0.25, -0.2) is 0 Å². The number of amides is 1. The largest absolute Gasteiger partial charge is 0.497 e. The highest BCUT2D eigenvalue weighted by Crippen LogP contribution is 2.23. The van der Waals surface area contributed by atoms with Crippen LogP contribution >= 0.6 is 0 Å². The number of benzene rings is 2. The highest BCUT2D eigenvalue weighted by Gasteiger charge is 2.29. The molecule has 3 rings (SSSR count). The molecule has 0 aromatic heterocycles. The minimum atomic E-state index is -0.208. The van der Waals surface area contributed by atoms with Crippen molar-refractivity contribution in [3.05, 3.63) is 65.2 Å². The average Bonchev–Trinajstić information content (AvgIpc) is 2.72. The summed E-state index contributed by atoms with van der Waals surface area (Å²) in [6, 6.07) is 15.8. The Hall–Kier alpha value is -3.13. The molecule has 0 saturated carbocycles. The third-order valence-corrected chi connectivity index (χ3v) is 4.69. The Morgan fingerprint density at radius 2 is 1.92 bits per heavy atom. The van der Waals surface area contributed by atoms with Crippen molar-refractivity contribution in [1.82, 2.24) is 4.90 Å². The van der Waals surface area contributed by atoms with Gasteiger partial charge >= 0.3 is 0 Å². The molecule has 1 atom stereocenters. The van der Waals surface area contributed by atoms with E-state index in [9.17, 15) is 9.59 Å². The number of likely N-dealkylation sites (tertiary alicyclic amines) is 1. The van der Waals surface area contributed by atoms with E-state index in [-0.39, 0.29) is 17.6 Å². The van der Waals surface area contributed by atoms with Gasteiger partial charge < -0.3 is 9.64 Å². The fourth-order valence-corrected chi connectivity index (χ4v) is 3.27. The number of methoxy groups -OCH3 is 1. The monoisotopic (exact) mass is 348 g/mol. The van der Waals surface area contributed by atoms with Gasteiger partial charge in [0, 0.05) is 30.1 Å². The lowest BCUT2D eigenvalue weighted by Crippen LogP contribution is -2.42. The maximum Gasteiger partial charge on any atom is 0.253 e. The number of piperidine rings is 1. The SMILES string of the molecule is COc1ccc(C(=O)C2CCCN(C(=O)c3cccc(C#N)c3)C2)cc1. The number of rotatable bonds is 4. The van der Waals surface area contributed by atoms with Crippen LogP contribution < -0.4 is 4.74 Å². The predicted octanol–water partition coefficient (Wildman–Crippen LogP) is 3.30. The lowest BCUT2D eigenvalue weighted by atomic mass is 9.89. The van der Waals surface area contributed by atoms with Crippen molar-refractivity contribution in [1.29, 1.82) is 5.26 Å². The number of carbonyl (C=O) groups excluding carboxylic acids is 2. The van der Waals surface area contributed by atoms with E-state index in [1.165, 1.54) is 0 Å². The Kier molecular flexibility index (Phi) is 5.33. The molecular formula is C21H20N2O3. The highest BCUT2D eigenvalue weighted by atomic mass is 16.5. The Bertz CT molecular complexity index is 852. The van der Waals surface area contributed by atoms with Gasteiger partial charge in [-0.05, 0) is 55.3 Å². The molecule has 26 heavy (non-hydrogen) atoms. The highest BCUT2D eigenvalue weighted by molar-refractivity contribution is 5.99. The molecule has 1 heterocycles. The second-order valence-corrected chi connectivity index (χ2v) is 6.38. The van der Waals surface area contributed by atoms with Crippen molar-refractivity contribution in [2.24, 2.45) is 5.92 Å². The van der Waals surface area contributed by atoms with Gasteiger partial charge in [-0.2, -0.15) is 5.26 Å². The van der Waals surface area contributed by atoms with Crippen molar-refractivity contribution in [2.45, 2.75) is 12.8 Å². The standard InChI is InChI=1S/C21H20N2O3/c1-26-19-9-7-16(8-10-19)20(24)18-6-3-11-23(14-18)21(25)17-5-2-4-15(12-17)13-22/h2,4-5,7-10,12,18H,3,6,11,14H2,1H3. The Morgan fingerprint density at radius 1 is 1.15 bits per heavy atom. The number of nitrogens with zero attached hydrogens (tertiary/aromatic N) is 2. The zero-order valence-electron chi connectivity index (χ0n) is 14.6. The first-order chi connectivity index (χ1) is 12.6. The summed E-state index contributed by atoms with van der Waals surface area (Å²) in [6.07, 6.45) is 1.56. The molecule has 1 aliphatic rings. The number of hydrogen-bond donors (Lipinski definition) is 0. The van der Waals surface area contributed by atoms with Gasteiger partial charge in [-0.1, -0.05) is 6.07 Å². The minimum absolute atomic E-state index is 0.0518. The fourth-order valence-electron chi connectivity index (χ4n) is 3.27. The molecule has 0 aliphatic carbocycles. The number of Topliss-reactive ketones (excluding diaryl/α,β-unsaturated/α-hetero) is 1. The van der Waals surface area contributed by atoms with Gasteiger partial charge in [0.15, 0.2) is 5.78 Å². The normalized spacial score (nSPS) is 16.6. The maximum absolute atomic E-state index is 12.8. The first-order valence-corrected chi connectivity index (χ1v) is 8.60. The molecular weight excluding hydrogens is 328 g/mol. The summed E-state index contributed by atoms with van der Waals surface area (Å²) < 4.78 is 5.12. The van der Waals surface area contributed by atoms with Crippen molar-refractivity contribution in [2.75, 3.05) is 20.2 Å². The van der Waals surface area contributed by atoms with Gasteiger partial charge in [-0.15, -0.1) is 0 Å². The van der Waals surface area contributed by atoms with Crippen LogP contribution in [0.1, 0.15) is 39.1 Å². The lowest BCUT2D eigenvalue weighted by Gasteiger charge is -2.32. The van der Waals surface area contributed by atoms with Crippen LogP contribution in [-0.2, 0) is 0 Å². The summed E-state index contributed by atoms with van der Waals surface area (Å²) in [7, 11) is 1.59. The van der Waals surface area contributed by atoms with Gasteiger partial charge in [-0.3, -0.25) is 9.59 Å². The Balaban J connectivity index is 1.72. The van der Waals surface area contributed by atoms with Gasteiger partial charge in [0.05, 0.1) is 18.7 Å². The third-order valence-electron chi connectivity index (χ3n) is 4.69. The van der Waals surface area contributed by atoms with E-state index in [0.29, 0.717) is 35.5 Å². The number of ether oxygens (including phenoxy) is 1. The van der Waals surface area contributed by atoms with Gasteiger partial charge in [0.25, 0.3) is 5.91 Å². The van der Waals surface area contributed by atoms with E-state index in [1.54, 1.807) is 60.5 Å². The van der Waals surface area contributed by atoms with E-state index in [4.69, 9.17) is 10.00 Å². The lowest BCUT2D eigenvalue weighted by molar-refractivity contribution is 0.0637. The summed E-state index contributed by atoms with van der Waals surface area (Å²) in [5, 5.41) is 9.00. The molecule has 0 spiro atoms. The zero-order chi connectivity index (χ0) is 18.5. The van der Waals surface area contributed by atoms with E-state index >= 15 is 0 Å². The zero-order valence-corrected chi connectivity index (χ0v) is 14.6. The summed E-state index contributed by atoms with van der Waals surface area (Å²) in [6.45, 7) is 1.03. The quantitative estimate of drug-likeness (QED) is 0.795. The smallest absolute Gasteiger partial charge is 0.253 e. The Labute approximate surface area is 152 Å². The molecule has 2 aromatic carbocycles. The summed E-state index contributed by atoms with van der Waals surface area (Å²) in [5.74, 6) is 0.421.